The van der Waals surface area contributed by atoms with E-state index in [2.05, 4.69) is 15.0 Å². The fraction of sp³-hybridized carbons (Fsp3) is 0.267. The van der Waals surface area contributed by atoms with Gasteiger partial charge in [0.05, 0.1) is 25.9 Å². The quantitative estimate of drug-likeness (QED) is 0.141. The van der Waals surface area contributed by atoms with Crippen LogP contribution in [0.25, 0.3) is 10.4 Å². The van der Waals surface area contributed by atoms with Gasteiger partial charge < -0.3 is 14.2 Å². The average Bonchev–Trinajstić information content (AvgIpc) is 3.39. The van der Waals surface area contributed by atoms with Crippen molar-refractivity contribution in [3.63, 3.8) is 0 Å². The summed E-state index contributed by atoms with van der Waals surface area (Å²) in [6, 6.07) is 26.8. The van der Waals surface area contributed by atoms with Gasteiger partial charge >= 0.3 is 5.69 Å². The standard InChI is InChI=1S/C30H29N5O5/c1-20-18-35(29(37)32-28(20)36)27-17-25(33-34-31)26(40-27)19-39-30(21-9-5-3-6-10-21,22-11-7-4-8-12-22)23-13-15-24(38-2)16-14-23/h3-16,18,25-27H,17,19H2,1-2H3,(H,32,36,37)/t25-,26-,27-/m0/s1. The lowest BCUT2D eigenvalue weighted by atomic mass is 9.80. The highest BCUT2D eigenvalue weighted by Gasteiger charge is 2.42. The highest BCUT2D eigenvalue weighted by Crippen LogP contribution is 2.42. The van der Waals surface area contributed by atoms with Gasteiger partial charge in [-0.2, -0.15) is 0 Å². The van der Waals surface area contributed by atoms with Crippen LogP contribution < -0.4 is 16.0 Å². The first-order chi connectivity index (χ1) is 19.5. The zero-order valence-electron chi connectivity index (χ0n) is 22.1. The van der Waals surface area contributed by atoms with Gasteiger partial charge in [-0.05, 0) is 41.3 Å². The van der Waals surface area contributed by atoms with Crippen molar-refractivity contribution in [3.8, 4) is 5.75 Å². The molecule has 0 saturated carbocycles. The summed E-state index contributed by atoms with van der Waals surface area (Å²) in [5, 5.41) is 3.96. The van der Waals surface area contributed by atoms with Gasteiger partial charge in [0.2, 0.25) is 0 Å². The molecule has 0 spiro atoms. The minimum absolute atomic E-state index is 0.0487. The van der Waals surface area contributed by atoms with E-state index in [1.54, 1.807) is 14.0 Å². The van der Waals surface area contributed by atoms with E-state index >= 15 is 0 Å². The van der Waals surface area contributed by atoms with Crippen LogP contribution in [0.2, 0.25) is 0 Å². The fourth-order valence-corrected chi connectivity index (χ4v) is 5.15. The number of hydrogen-bond donors (Lipinski definition) is 1. The maximum Gasteiger partial charge on any atom is 0.330 e. The number of H-pyrrole nitrogens is 1. The lowest BCUT2D eigenvalue weighted by Gasteiger charge is -2.37. The van der Waals surface area contributed by atoms with E-state index in [-0.39, 0.29) is 13.0 Å². The second-order valence-electron chi connectivity index (χ2n) is 9.57. The Balaban J connectivity index is 1.56. The molecule has 0 amide bonds. The van der Waals surface area contributed by atoms with Crippen molar-refractivity contribution in [2.45, 2.75) is 37.3 Å². The Hall–Kier alpha value is -4.63. The number of methoxy groups -OCH3 is 1. The summed E-state index contributed by atoms with van der Waals surface area (Å²) >= 11 is 0. The van der Waals surface area contributed by atoms with Crippen molar-refractivity contribution in [1.82, 2.24) is 9.55 Å². The van der Waals surface area contributed by atoms with Crippen molar-refractivity contribution in [2.75, 3.05) is 13.7 Å². The Kier molecular flexibility index (Phi) is 7.84. The molecule has 0 bridgehead atoms. The summed E-state index contributed by atoms with van der Waals surface area (Å²) in [7, 11) is 1.62. The number of nitrogens with one attached hydrogen (secondary N) is 1. The van der Waals surface area contributed by atoms with E-state index < -0.39 is 35.2 Å². The van der Waals surface area contributed by atoms with Crippen LogP contribution in [-0.2, 0) is 15.1 Å². The third-order valence-electron chi connectivity index (χ3n) is 7.18. The van der Waals surface area contributed by atoms with E-state index in [0.29, 0.717) is 11.3 Å². The predicted molar refractivity (Wildman–Crippen MR) is 149 cm³/mol. The Bertz CT molecular complexity index is 1570. The SMILES string of the molecule is COc1ccc(C(OC[C@@H]2O[C@H](n3cc(C)c(=O)[nH]c3=O)C[C@@H]2N=[N+]=[N-])(c2ccccc2)c2ccccc2)cc1. The minimum Gasteiger partial charge on any atom is -0.497 e. The molecule has 3 aromatic carbocycles. The molecular weight excluding hydrogens is 510 g/mol. The molecule has 4 aromatic rings. The molecule has 0 radical (unpaired) electrons. The first kappa shape index (κ1) is 27.0. The molecule has 10 heteroatoms. The zero-order valence-corrected chi connectivity index (χ0v) is 22.1. The second-order valence-corrected chi connectivity index (χ2v) is 9.57. The molecule has 1 aliphatic rings. The summed E-state index contributed by atoms with van der Waals surface area (Å²) in [6.45, 7) is 1.66. The lowest BCUT2D eigenvalue weighted by molar-refractivity contribution is -0.0796. The van der Waals surface area contributed by atoms with Gasteiger partial charge in [0.25, 0.3) is 5.56 Å². The van der Waals surface area contributed by atoms with Gasteiger partial charge in [-0.25, -0.2) is 4.79 Å². The third kappa shape index (κ3) is 5.15. The molecule has 0 aliphatic carbocycles. The average molecular weight is 540 g/mol. The molecule has 3 atom stereocenters. The largest absolute Gasteiger partial charge is 0.497 e. The Morgan fingerprint density at radius 2 is 1.60 bits per heavy atom. The van der Waals surface area contributed by atoms with Crippen LogP contribution in [0.1, 0.15) is 34.9 Å². The fourth-order valence-electron chi connectivity index (χ4n) is 5.15. The minimum atomic E-state index is -1.04. The topological polar surface area (TPSA) is 131 Å². The van der Waals surface area contributed by atoms with Crippen LogP contribution in [-0.4, -0.2) is 35.4 Å². The summed E-state index contributed by atoms with van der Waals surface area (Å²) < 4.78 is 19.9. The highest BCUT2D eigenvalue weighted by molar-refractivity contribution is 5.48. The Morgan fingerprint density at radius 1 is 1.00 bits per heavy atom. The van der Waals surface area contributed by atoms with Crippen molar-refractivity contribution in [2.24, 2.45) is 5.11 Å². The Morgan fingerprint density at radius 3 is 2.17 bits per heavy atom. The van der Waals surface area contributed by atoms with Crippen molar-refractivity contribution >= 4 is 0 Å². The third-order valence-corrected chi connectivity index (χ3v) is 7.18. The van der Waals surface area contributed by atoms with Crippen LogP contribution in [0, 0.1) is 6.92 Å². The second kappa shape index (κ2) is 11.6. The van der Waals surface area contributed by atoms with E-state index in [0.717, 1.165) is 16.7 Å². The number of ether oxygens (including phenoxy) is 3. The molecule has 1 fully saturated rings. The zero-order chi connectivity index (χ0) is 28.1. The number of aryl methyl sites for hydroxylation is 1. The highest BCUT2D eigenvalue weighted by atomic mass is 16.6. The van der Waals surface area contributed by atoms with Gasteiger partial charge in [0.1, 0.15) is 17.6 Å². The van der Waals surface area contributed by atoms with Crippen LogP contribution in [0.15, 0.2) is 106 Å². The van der Waals surface area contributed by atoms with E-state index in [1.165, 1.54) is 10.8 Å². The van der Waals surface area contributed by atoms with Gasteiger partial charge in [-0.15, -0.1) is 0 Å². The van der Waals surface area contributed by atoms with Crippen LogP contribution in [0.3, 0.4) is 0 Å². The molecule has 40 heavy (non-hydrogen) atoms. The van der Waals surface area contributed by atoms with Gasteiger partial charge in [-0.3, -0.25) is 14.3 Å². The van der Waals surface area contributed by atoms with Crippen molar-refractivity contribution in [3.05, 3.63) is 145 Å². The molecule has 1 aliphatic heterocycles. The Labute approximate surface area is 230 Å². The number of azide groups is 1. The first-order valence-corrected chi connectivity index (χ1v) is 12.9. The maximum absolute atomic E-state index is 12.6. The number of benzene rings is 3. The molecule has 10 nitrogen and oxygen atoms in total. The number of aromatic amines is 1. The molecule has 1 saturated heterocycles. The van der Waals surface area contributed by atoms with Crippen molar-refractivity contribution in [1.29, 1.82) is 0 Å². The lowest BCUT2D eigenvalue weighted by Crippen LogP contribution is -2.38. The summed E-state index contributed by atoms with van der Waals surface area (Å²) in [4.78, 5) is 29.8. The van der Waals surface area contributed by atoms with E-state index in [9.17, 15) is 15.1 Å². The molecule has 1 N–H and O–H groups in total. The number of nitrogens with zero attached hydrogens (tertiary/aromatic N) is 4. The number of hydrogen-bond acceptors (Lipinski definition) is 6. The number of aromatic nitrogens is 2. The molecule has 204 valence electrons. The predicted octanol–water partition coefficient (Wildman–Crippen LogP) is 4.83. The molecule has 2 heterocycles. The summed E-state index contributed by atoms with van der Waals surface area (Å²) in [5.41, 5.74) is 10.2. The molecular formula is C30H29N5O5. The van der Waals surface area contributed by atoms with Crippen LogP contribution in [0.5, 0.6) is 5.75 Å². The normalized spacial score (nSPS) is 18.7. The molecule has 1 aromatic heterocycles. The molecule has 5 rings (SSSR count). The van der Waals surface area contributed by atoms with E-state index in [4.69, 9.17) is 14.2 Å². The molecule has 0 unspecified atom stereocenters. The van der Waals surface area contributed by atoms with Crippen LogP contribution >= 0.6 is 0 Å². The smallest absolute Gasteiger partial charge is 0.330 e. The summed E-state index contributed by atoms with van der Waals surface area (Å²) in [6.07, 6.45) is 0.300. The first-order valence-electron chi connectivity index (χ1n) is 12.9. The monoisotopic (exact) mass is 539 g/mol. The van der Waals surface area contributed by atoms with Gasteiger partial charge in [0, 0.05) is 23.1 Å². The summed E-state index contributed by atoms with van der Waals surface area (Å²) in [5.74, 6) is 0.714. The van der Waals surface area contributed by atoms with E-state index in [1.807, 2.05) is 84.9 Å². The van der Waals surface area contributed by atoms with Gasteiger partial charge in [-0.1, -0.05) is 77.9 Å². The van der Waals surface area contributed by atoms with Gasteiger partial charge in [0.15, 0.2) is 0 Å². The number of rotatable bonds is 9. The van der Waals surface area contributed by atoms with Crippen molar-refractivity contribution < 1.29 is 14.2 Å². The maximum atomic E-state index is 12.6. The van der Waals surface area contributed by atoms with Crippen LogP contribution in [0.4, 0.5) is 0 Å².